The summed E-state index contributed by atoms with van der Waals surface area (Å²) in [6.07, 6.45) is 8.32. The average Bonchev–Trinajstić information content (AvgIpc) is 3.32. The zero-order chi connectivity index (χ0) is 20.8. The number of thiazole rings is 1. The van der Waals surface area contributed by atoms with Gasteiger partial charge in [-0.2, -0.15) is 0 Å². The van der Waals surface area contributed by atoms with Gasteiger partial charge in [0.15, 0.2) is 0 Å². The van der Waals surface area contributed by atoms with Crippen molar-refractivity contribution in [3.63, 3.8) is 0 Å². The quantitative estimate of drug-likeness (QED) is 0.437. The van der Waals surface area contributed by atoms with Crippen LogP contribution >= 0.6 is 35.2 Å². The summed E-state index contributed by atoms with van der Waals surface area (Å²) in [5, 5.41) is 5.16. The zero-order valence-electron chi connectivity index (χ0n) is 16.4. The lowest BCUT2D eigenvalue weighted by Crippen LogP contribution is -2.33. The van der Waals surface area contributed by atoms with Gasteiger partial charge in [0.25, 0.3) is 0 Å². The molecular formula is C22H21ClN4OS2. The van der Waals surface area contributed by atoms with E-state index in [0.29, 0.717) is 22.2 Å². The van der Waals surface area contributed by atoms with Gasteiger partial charge in [0.05, 0.1) is 21.5 Å². The van der Waals surface area contributed by atoms with Crippen molar-refractivity contribution in [3.8, 4) is 0 Å². The average molecular weight is 457 g/mol. The number of nitrogens with one attached hydrogen (secondary N) is 2. The predicted octanol–water partition coefficient (Wildman–Crippen LogP) is 4.74. The first-order chi connectivity index (χ1) is 14.5. The molecule has 0 radical (unpaired) electrons. The standard InChI is InChI=1S/C22H21ClN4OS2/c1-12-25-20-18(30-12)7-4-13-9-14(23)5-6-16(13)19(20)17-11-27(22(28)26-21(17)29)10-15-3-2-8-24-15/h4-7,9,11,15,19,24H,2-3,8,10H2,1H3,(H,26,28,29)/t15-,19?/m1/s1. The largest absolute Gasteiger partial charge is 0.326 e. The van der Waals surface area contributed by atoms with Crippen LogP contribution in [0.4, 0.5) is 0 Å². The summed E-state index contributed by atoms with van der Waals surface area (Å²) in [5.41, 5.74) is 3.82. The van der Waals surface area contributed by atoms with Crippen LogP contribution in [0, 0.1) is 11.6 Å². The number of fused-ring (bicyclic) bond motifs is 2. The molecule has 2 aromatic heterocycles. The van der Waals surface area contributed by atoms with E-state index in [9.17, 15) is 4.79 Å². The molecule has 0 spiro atoms. The van der Waals surface area contributed by atoms with Crippen molar-refractivity contribution in [2.75, 3.05) is 6.54 Å². The highest BCUT2D eigenvalue weighted by Gasteiger charge is 2.28. The van der Waals surface area contributed by atoms with Gasteiger partial charge in [0.2, 0.25) is 0 Å². The van der Waals surface area contributed by atoms with E-state index in [-0.39, 0.29) is 11.6 Å². The molecule has 2 N–H and O–H groups in total. The minimum absolute atomic E-state index is 0.167. The molecular weight excluding hydrogens is 436 g/mol. The van der Waals surface area contributed by atoms with E-state index in [1.165, 1.54) is 0 Å². The maximum absolute atomic E-state index is 12.6. The number of aromatic amines is 1. The van der Waals surface area contributed by atoms with Crippen LogP contribution in [0.2, 0.25) is 5.02 Å². The van der Waals surface area contributed by atoms with Crippen LogP contribution in [0.25, 0.3) is 12.2 Å². The minimum Gasteiger partial charge on any atom is -0.312 e. The number of nitrogens with zero attached hydrogens (tertiary/aromatic N) is 2. The summed E-state index contributed by atoms with van der Waals surface area (Å²) in [6, 6.07) is 6.21. The summed E-state index contributed by atoms with van der Waals surface area (Å²) in [4.78, 5) is 21.5. The molecule has 5 rings (SSSR count). The topological polar surface area (TPSA) is 62.7 Å². The SMILES string of the molecule is Cc1nc2c(s1)C=Cc1cc(Cl)ccc1C2c1cn(C[C@H]2CCCN2)c(=O)[nH]c1=S. The Kier molecular flexibility index (Phi) is 5.23. The van der Waals surface area contributed by atoms with Crippen molar-refractivity contribution in [2.45, 2.75) is 38.3 Å². The van der Waals surface area contributed by atoms with E-state index < -0.39 is 0 Å². The second-order valence-electron chi connectivity index (χ2n) is 7.81. The molecule has 1 fully saturated rings. The van der Waals surface area contributed by atoms with Gasteiger partial charge in [-0.15, -0.1) is 11.3 Å². The second-order valence-corrected chi connectivity index (χ2v) is 9.89. The maximum Gasteiger partial charge on any atom is 0.326 e. The number of rotatable bonds is 3. The van der Waals surface area contributed by atoms with E-state index in [1.807, 2.05) is 31.3 Å². The Morgan fingerprint density at radius 1 is 1.33 bits per heavy atom. The number of halogens is 1. The Labute approximate surface area is 188 Å². The highest BCUT2D eigenvalue weighted by Crippen LogP contribution is 2.41. The molecule has 5 nitrogen and oxygen atoms in total. The smallest absolute Gasteiger partial charge is 0.312 e. The van der Waals surface area contributed by atoms with E-state index in [2.05, 4.69) is 22.5 Å². The summed E-state index contributed by atoms with van der Waals surface area (Å²) >= 11 is 13.6. The first-order valence-corrected chi connectivity index (χ1v) is 11.6. The van der Waals surface area contributed by atoms with Crippen molar-refractivity contribution in [1.82, 2.24) is 19.9 Å². The van der Waals surface area contributed by atoms with Crippen LogP contribution in [0.3, 0.4) is 0 Å². The molecule has 1 unspecified atom stereocenters. The van der Waals surface area contributed by atoms with Gasteiger partial charge in [-0.1, -0.05) is 36.0 Å². The number of aromatic nitrogens is 3. The normalized spacial score (nSPS) is 20.1. The zero-order valence-corrected chi connectivity index (χ0v) is 18.8. The molecule has 30 heavy (non-hydrogen) atoms. The molecule has 0 saturated carbocycles. The number of aryl methyl sites for hydroxylation is 1. The van der Waals surface area contributed by atoms with Crippen LogP contribution in [-0.2, 0) is 6.54 Å². The van der Waals surface area contributed by atoms with Gasteiger partial charge < -0.3 is 5.32 Å². The molecule has 1 aliphatic heterocycles. The summed E-state index contributed by atoms with van der Waals surface area (Å²) in [6.45, 7) is 3.64. The fraction of sp³-hybridized carbons (Fsp3) is 0.318. The monoisotopic (exact) mass is 456 g/mol. The first kappa shape index (κ1) is 19.9. The molecule has 2 atom stereocenters. The maximum atomic E-state index is 12.6. The van der Waals surface area contributed by atoms with Crippen LogP contribution in [0.5, 0.6) is 0 Å². The van der Waals surface area contributed by atoms with Crippen LogP contribution < -0.4 is 11.0 Å². The molecule has 0 bridgehead atoms. The number of hydrogen-bond acceptors (Lipinski definition) is 5. The van der Waals surface area contributed by atoms with Crippen molar-refractivity contribution in [1.29, 1.82) is 0 Å². The highest BCUT2D eigenvalue weighted by molar-refractivity contribution is 7.71. The van der Waals surface area contributed by atoms with E-state index in [0.717, 1.165) is 51.7 Å². The van der Waals surface area contributed by atoms with Gasteiger partial charge >= 0.3 is 5.69 Å². The predicted molar refractivity (Wildman–Crippen MR) is 125 cm³/mol. The second kappa shape index (κ2) is 7.89. The van der Waals surface area contributed by atoms with Crippen LogP contribution in [0.15, 0.2) is 29.2 Å². The summed E-state index contributed by atoms with van der Waals surface area (Å²) in [5.74, 6) is -0.167. The molecule has 3 heterocycles. The van der Waals surface area contributed by atoms with Crippen molar-refractivity contribution >= 4 is 47.3 Å². The number of benzene rings is 1. The third kappa shape index (κ3) is 3.60. The van der Waals surface area contributed by atoms with E-state index >= 15 is 0 Å². The van der Waals surface area contributed by atoms with Crippen molar-refractivity contribution in [3.05, 3.63) is 76.8 Å². The van der Waals surface area contributed by atoms with Gasteiger partial charge in [0, 0.05) is 29.4 Å². The Balaban J connectivity index is 1.70. The third-order valence-corrected chi connectivity index (χ3v) is 7.29. The Morgan fingerprint density at radius 2 is 2.20 bits per heavy atom. The van der Waals surface area contributed by atoms with E-state index in [4.69, 9.17) is 28.8 Å². The molecule has 8 heteroatoms. The van der Waals surface area contributed by atoms with Crippen LogP contribution in [0.1, 0.15) is 51.0 Å². The molecule has 1 aliphatic carbocycles. The van der Waals surface area contributed by atoms with E-state index in [1.54, 1.807) is 15.9 Å². The fourth-order valence-electron chi connectivity index (χ4n) is 4.38. The minimum atomic E-state index is -0.171. The summed E-state index contributed by atoms with van der Waals surface area (Å²) in [7, 11) is 0. The lowest BCUT2D eigenvalue weighted by Gasteiger charge is -2.20. The van der Waals surface area contributed by atoms with Crippen LogP contribution in [-0.4, -0.2) is 27.1 Å². The van der Waals surface area contributed by atoms with Crippen molar-refractivity contribution in [2.24, 2.45) is 0 Å². The molecule has 3 aromatic rings. The lowest BCUT2D eigenvalue weighted by molar-refractivity contribution is 0.490. The molecule has 0 amide bonds. The molecule has 154 valence electrons. The van der Waals surface area contributed by atoms with Gasteiger partial charge in [-0.3, -0.25) is 9.55 Å². The Bertz CT molecular complexity index is 1270. The Hall–Kier alpha value is -2.06. The highest BCUT2D eigenvalue weighted by atomic mass is 35.5. The van der Waals surface area contributed by atoms with Gasteiger partial charge in [-0.25, -0.2) is 9.78 Å². The first-order valence-electron chi connectivity index (χ1n) is 10.0. The summed E-state index contributed by atoms with van der Waals surface area (Å²) < 4.78 is 2.21. The third-order valence-electron chi connectivity index (χ3n) is 5.76. The van der Waals surface area contributed by atoms with Gasteiger partial charge in [0.1, 0.15) is 4.64 Å². The number of H-pyrrole nitrogens is 1. The van der Waals surface area contributed by atoms with Gasteiger partial charge in [-0.05, 0) is 55.6 Å². The molecule has 2 aliphatic rings. The molecule has 1 aromatic carbocycles. The van der Waals surface area contributed by atoms with Crippen molar-refractivity contribution < 1.29 is 0 Å². The Morgan fingerprint density at radius 3 is 3.00 bits per heavy atom. The lowest BCUT2D eigenvalue weighted by atomic mass is 9.87. The molecule has 1 saturated heterocycles. The fourth-order valence-corrected chi connectivity index (χ4v) is 5.69. The number of hydrogen-bond donors (Lipinski definition) is 2.